The summed E-state index contributed by atoms with van der Waals surface area (Å²) < 4.78 is 5.41. The van der Waals surface area contributed by atoms with Crippen molar-refractivity contribution in [3.05, 3.63) is 58.6 Å². The van der Waals surface area contributed by atoms with Gasteiger partial charge in [-0.05, 0) is 41.5 Å². The smallest absolute Gasteiger partial charge is 0.313 e. The summed E-state index contributed by atoms with van der Waals surface area (Å²) in [5.41, 5.74) is 2.12. The summed E-state index contributed by atoms with van der Waals surface area (Å²) in [5.74, 6) is -0.832. The number of aliphatic hydroxyl groups excluding tert-OH is 1. The maximum atomic E-state index is 11.9. The first kappa shape index (κ1) is 17.3. The highest BCUT2D eigenvalue weighted by molar-refractivity contribution is 6.39. The van der Waals surface area contributed by atoms with Crippen LogP contribution in [-0.4, -0.2) is 30.1 Å². The third-order valence-corrected chi connectivity index (χ3v) is 4.08. The second kappa shape index (κ2) is 7.55. The summed E-state index contributed by atoms with van der Waals surface area (Å²) in [4.78, 5) is 23.7. The van der Waals surface area contributed by atoms with Crippen LogP contribution in [0.1, 0.15) is 17.2 Å². The number of benzene rings is 2. The lowest BCUT2D eigenvalue weighted by Gasteiger charge is -2.13. The van der Waals surface area contributed by atoms with Gasteiger partial charge < -0.3 is 20.5 Å². The van der Waals surface area contributed by atoms with E-state index in [2.05, 4.69) is 10.6 Å². The number of rotatable bonds is 4. The second-order valence-electron chi connectivity index (χ2n) is 5.66. The van der Waals surface area contributed by atoms with Crippen molar-refractivity contribution in [1.29, 1.82) is 0 Å². The van der Waals surface area contributed by atoms with Crippen LogP contribution in [0.2, 0.25) is 5.02 Å². The molecule has 0 saturated heterocycles. The third kappa shape index (κ3) is 4.29. The van der Waals surface area contributed by atoms with Crippen molar-refractivity contribution >= 4 is 29.1 Å². The Morgan fingerprint density at radius 1 is 1.20 bits per heavy atom. The van der Waals surface area contributed by atoms with Crippen molar-refractivity contribution in [2.24, 2.45) is 0 Å². The summed E-state index contributed by atoms with van der Waals surface area (Å²) in [6.07, 6.45) is -0.113. The lowest BCUT2D eigenvalue weighted by atomic mass is 10.0. The lowest BCUT2D eigenvalue weighted by molar-refractivity contribution is -0.136. The van der Waals surface area contributed by atoms with E-state index in [0.29, 0.717) is 22.9 Å². The average Bonchev–Trinajstić information content (AvgIpc) is 3.07. The number of halogens is 1. The van der Waals surface area contributed by atoms with Gasteiger partial charge >= 0.3 is 11.8 Å². The maximum Gasteiger partial charge on any atom is 0.313 e. The van der Waals surface area contributed by atoms with Gasteiger partial charge in [0.2, 0.25) is 0 Å². The lowest BCUT2D eigenvalue weighted by Crippen LogP contribution is -2.37. The van der Waals surface area contributed by atoms with Gasteiger partial charge in [0, 0.05) is 23.7 Å². The first-order valence-electron chi connectivity index (χ1n) is 7.81. The Hall–Kier alpha value is -2.57. The molecule has 2 aromatic carbocycles. The average molecular weight is 361 g/mol. The molecule has 0 aliphatic carbocycles. The monoisotopic (exact) mass is 360 g/mol. The molecule has 0 radical (unpaired) electrons. The fourth-order valence-electron chi connectivity index (χ4n) is 2.56. The zero-order valence-corrected chi connectivity index (χ0v) is 14.0. The molecule has 3 rings (SSSR count). The molecule has 6 nitrogen and oxygen atoms in total. The second-order valence-corrected chi connectivity index (χ2v) is 6.09. The number of anilines is 1. The topological polar surface area (TPSA) is 87.7 Å². The Morgan fingerprint density at radius 2 is 2.04 bits per heavy atom. The van der Waals surface area contributed by atoms with E-state index >= 15 is 0 Å². The van der Waals surface area contributed by atoms with Crippen molar-refractivity contribution < 1.29 is 19.4 Å². The minimum atomic E-state index is -0.909. The summed E-state index contributed by atoms with van der Waals surface area (Å²) in [6.45, 7) is 0.566. The fourth-order valence-corrected chi connectivity index (χ4v) is 2.75. The van der Waals surface area contributed by atoms with Crippen LogP contribution in [0.5, 0.6) is 5.75 Å². The van der Waals surface area contributed by atoms with Gasteiger partial charge in [0.1, 0.15) is 5.75 Å². The van der Waals surface area contributed by atoms with Crippen LogP contribution in [0.3, 0.4) is 0 Å². The molecule has 0 saturated carbocycles. The number of carbonyl (C=O) groups is 2. The van der Waals surface area contributed by atoms with E-state index in [0.717, 1.165) is 17.7 Å². The Morgan fingerprint density at radius 3 is 2.84 bits per heavy atom. The molecule has 0 fully saturated rings. The molecular formula is C18H17ClN2O4. The number of hydrogen-bond acceptors (Lipinski definition) is 4. The van der Waals surface area contributed by atoms with Gasteiger partial charge in [-0.25, -0.2) is 0 Å². The van der Waals surface area contributed by atoms with Gasteiger partial charge in [0.05, 0.1) is 12.7 Å². The standard InChI is InChI=1S/C18H17ClN2O4/c19-13-2-1-3-14(9-13)21-18(24)17(23)20-10-15(22)11-4-5-16-12(8-11)6-7-25-16/h1-5,8-9,15,22H,6-7,10H2,(H,20,23)(H,21,24). The number of amides is 2. The van der Waals surface area contributed by atoms with E-state index < -0.39 is 17.9 Å². The first-order chi connectivity index (χ1) is 12.0. The van der Waals surface area contributed by atoms with Crippen molar-refractivity contribution in [3.8, 4) is 5.75 Å². The zero-order valence-electron chi connectivity index (χ0n) is 13.3. The Balaban J connectivity index is 1.53. The Labute approximate surface area is 149 Å². The van der Waals surface area contributed by atoms with E-state index in [1.54, 1.807) is 30.3 Å². The summed E-state index contributed by atoms with van der Waals surface area (Å²) in [6, 6.07) is 11.9. The summed E-state index contributed by atoms with van der Waals surface area (Å²) >= 11 is 5.82. The van der Waals surface area contributed by atoms with E-state index in [1.807, 2.05) is 6.07 Å². The predicted molar refractivity (Wildman–Crippen MR) is 93.7 cm³/mol. The molecule has 0 spiro atoms. The van der Waals surface area contributed by atoms with Crippen LogP contribution in [0.25, 0.3) is 0 Å². The van der Waals surface area contributed by atoms with Crippen LogP contribution in [-0.2, 0) is 16.0 Å². The molecule has 1 atom stereocenters. The van der Waals surface area contributed by atoms with Crippen LogP contribution >= 0.6 is 11.6 Å². The van der Waals surface area contributed by atoms with Crippen LogP contribution in [0, 0.1) is 0 Å². The van der Waals surface area contributed by atoms with E-state index in [-0.39, 0.29) is 6.54 Å². The van der Waals surface area contributed by atoms with Crippen molar-refractivity contribution in [3.63, 3.8) is 0 Å². The Bertz CT molecular complexity index is 809. The van der Waals surface area contributed by atoms with Crippen LogP contribution in [0.15, 0.2) is 42.5 Å². The van der Waals surface area contributed by atoms with Gasteiger partial charge in [0.25, 0.3) is 0 Å². The number of fused-ring (bicyclic) bond motifs is 1. The number of ether oxygens (including phenoxy) is 1. The van der Waals surface area contributed by atoms with Crippen molar-refractivity contribution in [1.82, 2.24) is 5.32 Å². The first-order valence-corrected chi connectivity index (χ1v) is 8.19. The molecule has 1 aliphatic rings. The van der Waals surface area contributed by atoms with Crippen LogP contribution < -0.4 is 15.4 Å². The van der Waals surface area contributed by atoms with Crippen molar-refractivity contribution in [2.45, 2.75) is 12.5 Å². The number of hydrogen-bond donors (Lipinski definition) is 3. The molecule has 25 heavy (non-hydrogen) atoms. The largest absolute Gasteiger partial charge is 0.493 e. The molecule has 130 valence electrons. The van der Waals surface area contributed by atoms with Gasteiger partial charge in [-0.2, -0.15) is 0 Å². The zero-order chi connectivity index (χ0) is 17.8. The minimum Gasteiger partial charge on any atom is -0.493 e. The highest BCUT2D eigenvalue weighted by Crippen LogP contribution is 2.28. The quantitative estimate of drug-likeness (QED) is 0.728. The van der Waals surface area contributed by atoms with Gasteiger partial charge in [-0.1, -0.05) is 23.7 Å². The van der Waals surface area contributed by atoms with Crippen LogP contribution in [0.4, 0.5) is 5.69 Å². The van der Waals surface area contributed by atoms with Gasteiger partial charge in [0.15, 0.2) is 0 Å². The molecule has 1 heterocycles. The molecule has 3 N–H and O–H groups in total. The van der Waals surface area contributed by atoms with Crippen molar-refractivity contribution in [2.75, 3.05) is 18.5 Å². The highest BCUT2D eigenvalue weighted by Gasteiger charge is 2.18. The molecule has 0 bridgehead atoms. The SMILES string of the molecule is O=C(NCC(O)c1ccc2c(c1)CCO2)C(=O)Nc1cccc(Cl)c1. The number of aliphatic hydroxyl groups is 1. The summed E-state index contributed by atoms with van der Waals surface area (Å²) in [5, 5.41) is 15.5. The normalized spacial score (nSPS) is 13.5. The number of nitrogens with one attached hydrogen (secondary N) is 2. The number of carbonyl (C=O) groups excluding carboxylic acids is 2. The molecule has 0 aromatic heterocycles. The molecule has 1 unspecified atom stereocenters. The third-order valence-electron chi connectivity index (χ3n) is 3.84. The minimum absolute atomic E-state index is 0.0680. The van der Waals surface area contributed by atoms with E-state index in [1.165, 1.54) is 6.07 Å². The predicted octanol–water partition coefficient (Wildman–Crippen LogP) is 2.06. The molecule has 7 heteroatoms. The maximum absolute atomic E-state index is 11.9. The fraction of sp³-hybridized carbons (Fsp3) is 0.222. The van der Waals surface area contributed by atoms with Gasteiger partial charge in [-0.3, -0.25) is 9.59 Å². The molecule has 1 aliphatic heterocycles. The molecular weight excluding hydrogens is 344 g/mol. The highest BCUT2D eigenvalue weighted by atomic mass is 35.5. The van der Waals surface area contributed by atoms with Gasteiger partial charge in [-0.15, -0.1) is 0 Å². The molecule has 2 amide bonds. The molecule has 2 aromatic rings. The van der Waals surface area contributed by atoms with E-state index in [4.69, 9.17) is 16.3 Å². The Kier molecular flexibility index (Phi) is 5.21. The summed E-state index contributed by atoms with van der Waals surface area (Å²) in [7, 11) is 0. The van der Waals surface area contributed by atoms with E-state index in [9.17, 15) is 14.7 Å².